The van der Waals surface area contributed by atoms with Gasteiger partial charge in [0, 0.05) is 5.02 Å². The number of hydrogen-bond donors (Lipinski definition) is 0. The molecule has 2 aromatic carbocycles. The molecule has 1 unspecified atom stereocenters. The van der Waals surface area contributed by atoms with Gasteiger partial charge in [0.25, 0.3) is 0 Å². The van der Waals surface area contributed by atoms with Crippen molar-refractivity contribution in [1.29, 1.82) is 5.26 Å². The van der Waals surface area contributed by atoms with Gasteiger partial charge in [0.1, 0.15) is 5.82 Å². The fraction of sp³-hybridized carbons (Fsp3) is 0.133. The molecule has 0 spiro atoms. The van der Waals surface area contributed by atoms with Crippen molar-refractivity contribution in [2.45, 2.75) is 12.3 Å². The molecule has 0 N–H and O–H groups in total. The topological polar surface area (TPSA) is 23.8 Å². The van der Waals surface area contributed by atoms with E-state index in [-0.39, 0.29) is 11.7 Å². The molecule has 0 aliphatic heterocycles. The first-order valence-corrected chi connectivity index (χ1v) is 5.96. The van der Waals surface area contributed by atoms with Gasteiger partial charge in [-0.05, 0) is 41.8 Å². The number of hydrogen-bond acceptors (Lipinski definition) is 1. The summed E-state index contributed by atoms with van der Waals surface area (Å²) in [7, 11) is 0. The first kappa shape index (κ1) is 12.6. The predicted octanol–water partition coefficient (Wildman–Crippen LogP) is 4.33. The van der Waals surface area contributed by atoms with Gasteiger partial charge in [-0.15, -0.1) is 0 Å². The molecule has 2 aromatic rings. The zero-order valence-electron chi connectivity index (χ0n) is 9.61. The van der Waals surface area contributed by atoms with Gasteiger partial charge in [0.2, 0.25) is 0 Å². The van der Waals surface area contributed by atoms with Crippen LogP contribution in [0.3, 0.4) is 0 Å². The molecule has 1 nitrogen and oxygen atoms in total. The van der Waals surface area contributed by atoms with Crippen LogP contribution in [0.4, 0.5) is 4.39 Å². The number of nitriles is 1. The van der Waals surface area contributed by atoms with Gasteiger partial charge in [-0.1, -0.05) is 35.9 Å². The number of halogens is 2. The molecule has 18 heavy (non-hydrogen) atoms. The predicted molar refractivity (Wildman–Crippen MR) is 69.9 cm³/mol. The monoisotopic (exact) mass is 259 g/mol. The van der Waals surface area contributed by atoms with Gasteiger partial charge in [-0.2, -0.15) is 5.26 Å². The lowest BCUT2D eigenvalue weighted by Gasteiger charge is -2.10. The van der Waals surface area contributed by atoms with Crippen molar-refractivity contribution in [3.8, 4) is 6.07 Å². The molecule has 0 heterocycles. The van der Waals surface area contributed by atoms with Crippen molar-refractivity contribution in [3.05, 3.63) is 70.5 Å². The minimum absolute atomic E-state index is 0.282. The van der Waals surface area contributed by atoms with E-state index in [9.17, 15) is 9.65 Å². The minimum Gasteiger partial charge on any atom is -0.207 e. The third-order valence-electron chi connectivity index (χ3n) is 2.74. The Morgan fingerprint density at radius 2 is 1.94 bits per heavy atom. The molecule has 0 aromatic heterocycles. The zero-order chi connectivity index (χ0) is 13.0. The van der Waals surface area contributed by atoms with Crippen molar-refractivity contribution in [2.24, 2.45) is 0 Å². The maximum absolute atomic E-state index is 13.1. The van der Waals surface area contributed by atoms with Gasteiger partial charge < -0.3 is 0 Å². The van der Waals surface area contributed by atoms with E-state index in [1.54, 1.807) is 18.2 Å². The molecule has 3 heteroatoms. The highest BCUT2D eigenvalue weighted by Crippen LogP contribution is 2.23. The average molecular weight is 260 g/mol. The van der Waals surface area contributed by atoms with Crippen LogP contribution >= 0.6 is 11.6 Å². The molecule has 0 bridgehead atoms. The minimum atomic E-state index is -0.314. The van der Waals surface area contributed by atoms with Crippen LogP contribution in [0.25, 0.3) is 0 Å². The Morgan fingerprint density at radius 1 is 1.17 bits per heavy atom. The summed E-state index contributed by atoms with van der Waals surface area (Å²) in [5.74, 6) is -0.596. The van der Waals surface area contributed by atoms with Gasteiger partial charge in [0.05, 0.1) is 12.0 Å². The van der Waals surface area contributed by atoms with Gasteiger partial charge >= 0.3 is 0 Å². The first-order valence-electron chi connectivity index (χ1n) is 5.58. The van der Waals surface area contributed by atoms with Crippen LogP contribution in [0.2, 0.25) is 5.02 Å². The fourth-order valence-electron chi connectivity index (χ4n) is 1.86. The van der Waals surface area contributed by atoms with Gasteiger partial charge in [-0.3, -0.25) is 0 Å². The zero-order valence-corrected chi connectivity index (χ0v) is 10.4. The number of nitrogens with zero attached hydrogens (tertiary/aromatic N) is 1. The second kappa shape index (κ2) is 5.66. The molecule has 90 valence electrons. The van der Waals surface area contributed by atoms with E-state index in [0.717, 1.165) is 11.1 Å². The quantitative estimate of drug-likeness (QED) is 0.805. The summed E-state index contributed by atoms with van der Waals surface area (Å²) >= 11 is 5.90. The highest BCUT2D eigenvalue weighted by Gasteiger charge is 2.12. The number of benzene rings is 2. The Hall–Kier alpha value is -1.85. The summed E-state index contributed by atoms with van der Waals surface area (Å²) in [4.78, 5) is 0. The third-order valence-corrected chi connectivity index (χ3v) is 2.97. The fourth-order valence-corrected chi connectivity index (χ4v) is 2.06. The molecular weight excluding hydrogens is 249 g/mol. The Bertz CT molecular complexity index is 589. The summed E-state index contributed by atoms with van der Waals surface area (Å²) in [6, 6.07) is 15.8. The van der Waals surface area contributed by atoms with Crippen molar-refractivity contribution >= 4 is 11.6 Å². The van der Waals surface area contributed by atoms with Crippen LogP contribution in [0, 0.1) is 17.1 Å². The van der Waals surface area contributed by atoms with Crippen LogP contribution in [0.5, 0.6) is 0 Å². The van der Waals surface area contributed by atoms with Crippen molar-refractivity contribution in [1.82, 2.24) is 0 Å². The van der Waals surface area contributed by atoms with E-state index >= 15 is 0 Å². The average Bonchev–Trinajstić information content (AvgIpc) is 2.36. The molecule has 0 radical (unpaired) electrons. The Balaban J connectivity index is 2.23. The van der Waals surface area contributed by atoms with E-state index in [1.807, 2.05) is 18.2 Å². The molecular formula is C15H11ClFN. The van der Waals surface area contributed by atoms with Gasteiger partial charge in [-0.25, -0.2) is 4.39 Å². The van der Waals surface area contributed by atoms with Crippen LogP contribution in [-0.4, -0.2) is 0 Å². The second-order valence-electron chi connectivity index (χ2n) is 4.07. The molecule has 0 aliphatic rings. The molecule has 1 atom stereocenters. The third kappa shape index (κ3) is 3.09. The van der Waals surface area contributed by atoms with E-state index in [0.29, 0.717) is 11.4 Å². The summed E-state index contributed by atoms with van der Waals surface area (Å²) < 4.78 is 13.1. The highest BCUT2D eigenvalue weighted by atomic mass is 35.5. The Morgan fingerprint density at radius 3 is 2.61 bits per heavy atom. The maximum Gasteiger partial charge on any atom is 0.123 e. The van der Waals surface area contributed by atoms with Crippen molar-refractivity contribution < 1.29 is 4.39 Å². The Kier molecular flexibility index (Phi) is 3.96. The van der Waals surface area contributed by atoms with Crippen LogP contribution in [-0.2, 0) is 6.42 Å². The smallest absolute Gasteiger partial charge is 0.123 e. The summed E-state index contributed by atoms with van der Waals surface area (Å²) in [5, 5.41) is 9.82. The van der Waals surface area contributed by atoms with E-state index in [4.69, 9.17) is 11.6 Å². The number of rotatable bonds is 3. The van der Waals surface area contributed by atoms with E-state index in [1.165, 1.54) is 12.1 Å². The summed E-state index contributed by atoms with van der Waals surface area (Å²) in [5.41, 5.74) is 1.66. The van der Waals surface area contributed by atoms with Crippen molar-refractivity contribution in [3.63, 3.8) is 0 Å². The molecule has 0 saturated heterocycles. The van der Waals surface area contributed by atoms with Crippen molar-refractivity contribution in [2.75, 3.05) is 0 Å². The lowest BCUT2D eigenvalue weighted by Crippen LogP contribution is -2.00. The molecule has 0 fully saturated rings. The van der Waals surface area contributed by atoms with E-state index in [2.05, 4.69) is 6.07 Å². The molecule has 2 rings (SSSR count). The van der Waals surface area contributed by atoms with Crippen LogP contribution in [0.1, 0.15) is 17.0 Å². The van der Waals surface area contributed by atoms with E-state index < -0.39 is 0 Å². The highest BCUT2D eigenvalue weighted by molar-refractivity contribution is 6.30. The second-order valence-corrected chi connectivity index (χ2v) is 4.51. The summed E-state index contributed by atoms with van der Waals surface area (Å²) in [6.45, 7) is 0. The lowest BCUT2D eigenvalue weighted by atomic mass is 9.93. The van der Waals surface area contributed by atoms with Crippen LogP contribution < -0.4 is 0 Å². The lowest BCUT2D eigenvalue weighted by molar-refractivity contribution is 0.624. The maximum atomic E-state index is 13.1. The largest absolute Gasteiger partial charge is 0.207 e. The molecule has 0 saturated carbocycles. The summed E-state index contributed by atoms with van der Waals surface area (Å²) in [6.07, 6.45) is 0.481. The normalized spacial score (nSPS) is 11.8. The molecule has 0 amide bonds. The SMILES string of the molecule is N#CC(Cc1cccc(F)c1)c1cccc(Cl)c1. The standard InChI is InChI=1S/C15H11ClFN/c16-14-5-2-4-12(9-14)13(10-18)7-11-3-1-6-15(17)8-11/h1-6,8-9,13H,7H2. The molecule has 0 aliphatic carbocycles. The first-order chi connectivity index (χ1) is 8.69. The Labute approximate surface area is 110 Å². The van der Waals surface area contributed by atoms with Crippen LogP contribution in [0.15, 0.2) is 48.5 Å². The van der Waals surface area contributed by atoms with Gasteiger partial charge in [0.15, 0.2) is 0 Å².